The number of anilines is 1. The third-order valence-corrected chi connectivity index (χ3v) is 4.01. The summed E-state index contributed by atoms with van der Waals surface area (Å²) in [6.45, 7) is 1.50. The van der Waals surface area contributed by atoms with Crippen LogP contribution in [0.3, 0.4) is 0 Å². The second-order valence-corrected chi connectivity index (χ2v) is 5.14. The van der Waals surface area contributed by atoms with E-state index in [9.17, 15) is 4.39 Å². The molecule has 18 heavy (non-hydrogen) atoms. The number of aromatic nitrogens is 1. The molecule has 3 atom stereocenters. The first-order valence-electron chi connectivity index (χ1n) is 6.76. The fourth-order valence-electron chi connectivity index (χ4n) is 3.14. The minimum atomic E-state index is -0.709. The van der Waals surface area contributed by atoms with E-state index >= 15 is 0 Å². The molecule has 1 aliphatic heterocycles. The highest BCUT2D eigenvalue weighted by Gasteiger charge is 2.37. The summed E-state index contributed by atoms with van der Waals surface area (Å²) in [6.07, 6.45) is 6.46. The van der Waals surface area contributed by atoms with Crippen molar-refractivity contribution in [2.75, 3.05) is 18.1 Å². The Hall–Kier alpha value is -1.16. The molecule has 0 radical (unpaired) electrons. The summed E-state index contributed by atoms with van der Waals surface area (Å²) in [5.74, 6) is 0. The van der Waals surface area contributed by atoms with Gasteiger partial charge in [0, 0.05) is 24.7 Å². The molecule has 3 rings (SSSR count). The van der Waals surface area contributed by atoms with E-state index in [1.54, 1.807) is 12.4 Å². The minimum Gasteiger partial charge on any atom is -0.379 e. The Bertz CT molecular complexity index is 381. The van der Waals surface area contributed by atoms with Crippen molar-refractivity contribution in [3.63, 3.8) is 0 Å². The molecule has 0 bridgehead atoms. The van der Waals surface area contributed by atoms with Crippen LogP contribution in [0.4, 0.5) is 10.1 Å². The predicted molar refractivity (Wildman–Crippen MR) is 68.5 cm³/mol. The van der Waals surface area contributed by atoms with E-state index in [0.29, 0.717) is 19.1 Å². The second-order valence-electron chi connectivity index (χ2n) is 5.14. The number of ether oxygens (including phenoxy) is 1. The molecule has 1 aromatic rings. The Morgan fingerprint density at radius 2 is 2.06 bits per heavy atom. The van der Waals surface area contributed by atoms with Crippen molar-refractivity contribution < 1.29 is 9.13 Å². The van der Waals surface area contributed by atoms with Crippen molar-refractivity contribution in [3.8, 4) is 0 Å². The number of hydrogen-bond donors (Lipinski definition) is 0. The third kappa shape index (κ3) is 2.21. The molecular weight excluding hydrogens is 231 g/mol. The lowest BCUT2D eigenvalue weighted by Crippen LogP contribution is -2.46. The van der Waals surface area contributed by atoms with Gasteiger partial charge in [-0.3, -0.25) is 4.98 Å². The van der Waals surface area contributed by atoms with Gasteiger partial charge >= 0.3 is 0 Å². The maximum atomic E-state index is 14.1. The predicted octanol–water partition coefficient (Wildman–Crippen LogP) is 2.57. The smallest absolute Gasteiger partial charge is 0.120 e. The van der Waals surface area contributed by atoms with E-state index in [-0.39, 0.29) is 6.04 Å². The Kier molecular flexibility index (Phi) is 3.46. The van der Waals surface area contributed by atoms with Crippen LogP contribution in [0, 0.1) is 0 Å². The monoisotopic (exact) mass is 250 g/mol. The first kappa shape index (κ1) is 11.9. The van der Waals surface area contributed by atoms with Crippen LogP contribution in [0.5, 0.6) is 0 Å². The highest BCUT2D eigenvalue weighted by molar-refractivity contribution is 5.48. The summed E-state index contributed by atoms with van der Waals surface area (Å²) in [6, 6.07) is 4.28. The summed E-state index contributed by atoms with van der Waals surface area (Å²) in [5.41, 5.74) is 1.08. The van der Waals surface area contributed by atoms with Crippen molar-refractivity contribution in [2.24, 2.45) is 0 Å². The molecule has 0 N–H and O–H groups in total. The zero-order valence-electron chi connectivity index (χ0n) is 10.5. The standard InChI is InChI=1S/C14H19FN2O/c15-13-2-1-3-14(13)17(12-6-9-18-10-12)11-4-7-16-8-5-11/h4-5,7-8,12-14H,1-3,6,9-10H2/t12?,13-,14-/m1/s1. The normalized spacial score (nSPS) is 31.7. The first-order valence-corrected chi connectivity index (χ1v) is 6.76. The lowest BCUT2D eigenvalue weighted by atomic mass is 10.1. The quantitative estimate of drug-likeness (QED) is 0.824. The van der Waals surface area contributed by atoms with Crippen molar-refractivity contribution >= 4 is 5.69 Å². The molecule has 2 fully saturated rings. The van der Waals surface area contributed by atoms with E-state index in [2.05, 4.69) is 9.88 Å². The van der Waals surface area contributed by atoms with Crippen molar-refractivity contribution in [2.45, 2.75) is 43.9 Å². The Morgan fingerprint density at radius 3 is 2.67 bits per heavy atom. The average Bonchev–Trinajstić information content (AvgIpc) is 3.05. The molecule has 0 amide bonds. The highest BCUT2D eigenvalue weighted by atomic mass is 19.1. The average molecular weight is 250 g/mol. The van der Waals surface area contributed by atoms with Gasteiger partial charge in [-0.25, -0.2) is 4.39 Å². The second kappa shape index (κ2) is 5.22. The SMILES string of the molecule is F[C@@H]1CCC[C@H]1N(c1ccncc1)C1CCOC1. The van der Waals surface area contributed by atoms with Crippen LogP contribution in [0.1, 0.15) is 25.7 Å². The third-order valence-electron chi connectivity index (χ3n) is 4.01. The van der Waals surface area contributed by atoms with Gasteiger partial charge in [0.1, 0.15) is 6.17 Å². The number of nitrogens with zero attached hydrogens (tertiary/aromatic N) is 2. The van der Waals surface area contributed by atoms with Crippen LogP contribution >= 0.6 is 0 Å². The van der Waals surface area contributed by atoms with Crippen LogP contribution < -0.4 is 4.90 Å². The summed E-state index contributed by atoms with van der Waals surface area (Å²) in [7, 11) is 0. The molecule has 98 valence electrons. The van der Waals surface area contributed by atoms with Crippen molar-refractivity contribution in [3.05, 3.63) is 24.5 Å². The van der Waals surface area contributed by atoms with Gasteiger partial charge in [0.05, 0.1) is 18.7 Å². The summed E-state index contributed by atoms with van der Waals surface area (Å²) < 4.78 is 19.6. The number of rotatable bonds is 3. The number of pyridine rings is 1. The molecule has 1 aliphatic carbocycles. The van der Waals surface area contributed by atoms with Crippen LogP contribution in [0.25, 0.3) is 0 Å². The molecule has 1 saturated heterocycles. The van der Waals surface area contributed by atoms with E-state index in [4.69, 9.17) is 4.74 Å². The molecule has 2 aliphatic rings. The maximum Gasteiger partial charge on any atom is 0.120 e. The largest absolute Gasteiger partial charge is 0.379 e. The van der Waals surface area contributed by atoms with Crippen molar-refractivity contribution in [1.29, 1.82) is 0 Å². The van der Waals surface area contributed by atoms with E-state index in [1.807, 2.05) is 12.1 Å². The van der Waals surface area contributed by atoms with Gasteiger partial charge in [-0.1, -0.05) is 0 Å². The fraction of sp³-hybridized carbons (Fsp3) is 0.643. The fourth-order valence-corrected chi connectivity index (χ4v) is 3.14. The van der Waals surface area contributed by atoms with Gasteiger partial charge in [0.15, 0.2) is 0 Å². The van der Waals surface area contributed by atoms with Gasteiger partial charge in [-0.2, -0.15) is 0 Å². The van der Waals surface area contributed by atoms with Gasteiger partial charge in [0.2, 0.25) is 0 Å². The topological polar surface area (TPSA) is 25.4 Å². The molecule has 3 nitrogen and oxygen atoms in total. The molecule has 4 heteroatoms. The summed E-state index contributed by atoms with van der Waals surface area (Å²) in [5, 5.41) is 0. The van der Waals surface area contributed by atoms with E-state index in [1.165, 1.54) is 0 Å². The van der Waals surface area contributed by atoms with E-state index < -0.39 is 6.17 Å². The lowest BCUT2D eigenvalue weighted by Gasteiger charge is -2.36. The zero-order valence-corrected chi connectivity index (χ0v) is 10.5. The molecule has 2 heterocycles. The van der Waals surface area contributed by atoms with Crippen LogP contribution in [-0.2, 0) is 4.74 Å². The number of halogens is 1. The van der Waals surface area contributed by atoms with Crippen LogP contribution in [0.2, 0.25) is 0 Å². The van der Waals surface area contributed by atoms with Gasteiger partial charge < -0.3 is 9.64 Å². The molecule has 1 unspecified atom stereocenters. The Labute approximate surface area is 107 Å². The number of hydrogen-bond acceptors (Lipinski definition) is 3. The lowest BCUT2D eigenvalue weighted by molar-refractivity contribution is 0.189. The van der Waals surface area contributed by atoms with Gasteiger partial charge in [-0.15, -0.1) is 0 Å². The zero-order chi connectivity index (χ0) is 12.4. The van der Waals surface area contributed by atoms with Gasteiger partial charge in [0.25, 0.3) is 0 Å². The molecular formula is C14H19FN2O. The number of alkyl halides is 1. The van der Waals surface area contributed by atoms with Gasteiger partial charge in [-0.05, 0) is 37.8 Å². The molecule has 1 aromatic heterocycles. The molecule has 0 spiro atoms. The minimum absolute atomic E-state index is 0.0131. The first-order chi connectivity index (χ1) is 8.86. The summed E-state index contributed by atoms with van der Waals surface area (Å²) in [4.78, 5) is 6.29. The maximum absolute atomic E-state index is 14.1. The van der Waals surface area contributed by atoms with Crippen LogP contribution in [0.15, 0.2) is 24.5 Å². The highest BCUT2D eigenvalue weighted by Crippen LogP contribution is 2.33. The Morgan fingerprint density at radius 1 is 1.22 bits per heavy atom. The summed E-state index contributed by atoms with van der Waals surface area (Å²) >= 11 is 0. The molecule has 1 saturated carbocycles. The van der Waals surface area contributed by atoms with E-state index in [0.717, 1.165) is 31.6 Å². The van der Waals surface area contributed by atoms with Crippen LogP contribution in [-0.4, -0.2) is 36.5 Å². The Balaban J connectivity index is 1.88. The van der Waals surface area contributed by atoms with Crippen molar-refractivity contribution in [1.82, 2.24) is 4.98 Å². The molecule has 0 aromatic carbocycles.